The van der Waals surface area contributed by atoms with Crippen LogP contribution in [-0.2, 0) is 6.42 Å². The Morgan fingerprint density at radius 1 is 1.29 bits per heavy atom. The van der Waals surface area contributed by atoms with Gasteiger partial charge in [-0.05, 0) is 31.1 Å². The Balaban J connectivity index is 1.91. The van der Waals surface area contributed by atoms with Crippen molar-refractivity contribution in [3.8, 4) is 0 Å². The van der Waals surface area contributed by atoms with E-state index in [9.17, 15) is 0 Å². The lowest BCUT2D eigenvalue weighted by Crippen LogP contribution is -2.28. The standard InChI is InChI=1S/C14H22N2S/c1-14(2)7-10(15)12-11(8-14)16-13(17-12)9-5-3-4-6-9/h9-10H,3-8,15H2,1-2H3. The number of hydrogen-bond acceptors (Lipinski definition) is 3. The third kappa shape index (κ3) is 2.15. The molecule has 1 atom stereocenters. The number of nitrogens with two attached hydrogens (primary N) is 1. The first-order chi connectivity index (χ1) is 8.05. The summed E-state index contributed by atoms with van der Waals surface area (Å²) < 4.78 is 0. The summed E-state index contributed by atoms with van der Waals surface area (Å²) in [6.07, 6.45) is 7.65. The van der Waals surface area contributed by atoms with Crippen LogP contribution in [0.4, 0.5) is 0 Å². The molecule has 0 bridgehead atoms. The molecule has 2 nitrogen and oxygen atoms in total. The SMILES string of the molecule is CC1(C)Cc2nc(C3CCCC3)sc2C(N)C1. The number of nitrogens with zero attached hydrogens (tertiary/aromatic N) is 1. The summed E-state index contributed by atoms with van der Waals surface area (Å²) >= 11 is 1.91. The summed E-state index contributed by atoms with van der Waals surface area (Å²) in [6, 6.07) is 0.224. The molecule has 2 aliphatic carbocycles. The van der Waals surface area contributed by atoms with E-state index in [1.165, 1.54) is 41.3 Å². The highest BCUT2D eigenvalue weighted by molar-refractivity contribution is 7.12. The van der Waals surface area contributed by atoms with E-state index in [1.807, 2.05) is 11.3 Å². The van der Waals surface area contributed by atoms with E-state index in [4.69, 9.17) is 10.7 Å². The van der Waals surface area contributed by atoms with E-state index in [1.54, 1.807) is 0 Å². The van der Waals surface area contributed by atoms with Crippen molar-refractivity contribution < 1.29 is 0 Å². The maximum atomic E-state index is 6.30. The van der Waals surface area contributed by atoms with Crippen LogP contribution in [0, 0.1) is 5.41 Å². The Morgan fingerprint density at radius 3 is 2.71 bits per heavy atom. The van der Waals surface area contributed by atoms with Crippen molar-refractivity contribution in [2.24, 2.45) is 11.1 Å². The summed E-state index contributed by atoms with van der Waals surface area (Å²) in [4.78, 5) is 6.30. The highest BCUT2D eigenvalue weighted by Crippen LogP contribution is 2.45. The van der Waals surface area contributed by atoms with Crippen LogP contribution in [0.3, 0.4) is 0 Å². The van der Waals surface area contributed by atoms with Gasteiger partial charge in [-0.15, -0.1) is 11.3 Å². The maximum absolute atomic E-state index is 6.30. The van der Waals surface area contributed by atoms with Crippen molar-refractivity contribution in [3.05, 3.63) is 15.6 Å². The number of rotatable bonds is 1. The van der Waals surface area contributed by atoms with Crippen molar-refractivity contribution in [1.82, 2.24) is 4.98 Å². The minimum atomic E-state index is 0.224. The first-order valence-corrected chi connectivity index (χ1v) is 7.62. The zero-order chi connectivity index (χ0) is 12.0. The minimum absolute atomic E-state index is 0.224. The van der Waals surface area contributed by atoms with E-state index in [0.29, 0.717) is 5.41 Å². The van der Waals surface area contributed by atoms with Gasteiger partial charge in [0.1, 0.15) is 0 Å². The molecule has 1 aromatic heterocycles. The molecule has 0 aliphatic heterocycles. The zero-order valence-electron chi connectivity index (χ0n) is 10.8. The smallest absolute Gasteiger partial charge is 0.0962 e. The number of hydrogen-bond donors (Lipinski definition) is 1. The summed E-state index contributed by atoms with van der Waals surface area (Å²) in [5, 5.41) is 1.38. The van der Waals surface area contributed by atoms with Gasteiger partial charge in [-0.2, -0.15) is 0 Å². The largest absolute Gasteiger partial charge is 0.323 e. The van der Waals surface area contributed by atoms with E-state index in [2.05, 4.69) is 13.8 Å². The molecule has 0 aromatic carbocycles. The predicted octanol–water partition coefficient (Wildman–Crippen LogP) is 3.77. The van der Waals surface area contributed by atoms with Crippen LogP contribution < -0.4 is 5.73 Å². The Hall–Kier alpha value is -0.410. The van der Waals surface area contributed by atoms with Crippen LogP contribution in [0.2, 0.25) is 0 Å². The maximum Gasteiger partial charge on any atom is 0.0962 e. The molecule has 1 unspecified atom stereocenters. The molecule has 0 spiro atoms. The average molecular weight is 250 g/mol. The van der Waals surface area contributed by atoms with E-state index < -0.39 is 0 Å². The van der Waals surface area contributed by atoms with Crippen LogP contribution in [0.1, 0.15) is 73.5 Å². The van der Waals surface area contributed by atoms with Crippen molar-refractivity contribution >= 4 is 11.3 Å². The molecule has 1 aromatic rings. The summed E-state index contributed by atoms with van der Waals surface area (Å²) in [6.45, 7) is 4.62. The van der Waals surface area contributed by atoms with Gasteiger partial charge < -0.3 is 5.73 Å². The van der Waals surface area contributed by atoms with Crippen LogP contribution in [0.25, 0.3) is 0 Å². The molecule has 0 radical (unpaired) electrons. The lowest BCUT2D eigenvalue weighted by Gasteiger charge is -2.32. The van der Waals surface area contributed by atoms with Crippen molar-refractivity contribution in [2.45, 2.75) is 64.3 Å². The fraction of sp³-hybridized carbons (Fsp3) is 0.786. The van der Waals surface area contributed by atoms with E-state index in [-0.39, 0.29) is 6.04 Å². The van der Waals surface area contributed by atoms with Crippen LogP contribution in [0.5, 0.6) is 0 Å². The Morgan fingerprint density at radius 2 is 2.00 bits per heavy atom. The molecule has 3 heteroatoms. The second kappa shape index (κ2) is 4.06. The Kier molecular flexibility index (Phi) is 2.79. The molecule has 1 fully saturated rings. The van der Waals surface area contributed by atoms with Crippen molar-refractivity contribution in [1.29, 1.82) is 0 Å². The number of thiazole rings is 1. The quantitative estimate of drug-likeness (QED) is 0.824. The second-order valence-electron chi connectivity index (χ2n) is 6.50. The lowest BCUT2D eigenvalue weighted by atomic mass is 9.77. The Bertz CT molecular complexity index is 416. The third-order valence-electron chi connectivity index (χ3n) is 4.20. The number of aromatic nitrogens is 1. The van der Waals surface area contributed by atoms with Crippen molar-refractivity contribution in [2.75, 3.05) is 0 Å². The fourth-order valence-corrected chi connectivity index (χ4v) is 4.61. The zero-order valence-corrected chi connectivity index (χ0v) is 11.6. The molecular formula is C14H22N2S. The molecule has 94 valence electrons. The van der Waals surface area contributed by atoms with E-state index >= 15 is 0 Å². The Labute approximate surface area is 108 Å². The summed E-state index contributed by atoms with van der Waals surface area (Å²) in [7, 11) is 0. The van der Waals surface area contributed by atoms with Gasteiger partial charge in [-0.25, -0.2) is 4.98 Å². The molecule has 2 aliphatic rings. The molecule has 17 heavy (non-hydrogen) atoms. The molecule has 1 saturated carbocycles. The average Bonchev–Trinajstić information content (AvgIpc) is 2.81. The topological polar surface area (TPSA) is 38.9 Å². The van der Waals surface area contributed by atoms with Gasteiger partial charge in [0, 0.05) is 16.8 Å². The molecule has 3 rings (SSSR count). The van der Waals surface area contributed by atoms with E-state index in [0.717, 1.165) is 18.8 Å². The molecule has 0 saturated heterocycles. The molecule has 1 heterocycles. The van der Waals surface area contributed by atoms with Gasteiger partial charge >= 0.3 is 0 Å². The molecular weight excluding hydrogens is 228 g/mol. The highest BCUT2D eigenvalue weighted by Gasteiger charge is 2.34. The monoisotopic (exact) mass is 250 g/mol. The fourth-order valence-electron chi connectivity index (χ4n) is 3.36. The first kappa shape index (κ1) is 11.7. The van der Waals surface area contributed by atoms with Gasteiger partial charge in [-0.1, -0.05) is 26.7 Å². The van der Waals surface area contributed by atoms with Gasteiger partial charge in [0.25, 0.3) is 0 Å². The minimum Gasteiger partial charge on any atom is -0.323 e. The molecule has 2 N–H and O–H groups in total. The summed E-state index contributed by atoms with van der Waals surface area (Å²) in [5.41, 5.74) is 7.94. The van der Waals surface area contributed by atoms with Gasteiger partial charge in [0.2, 0.25) is 0 Å². The van der Waals surface area contributed by atoms with Crippen LogP contribution in [-0.4, -0.2) is 4.98 Å². The lowest BCUT2D eigenvalue weighted by molar-refractivity contribution is 0.282. The normalized spacial score (nSPS) is 28.3. The van der Waals surface area contributed by atoms with Crippen LogP contribution >= 0.6 is 11.3 Å². The van der Waals surface area contributed by atoms with Gasteiger partial charge in [-0.3, -0.25) is 0 Å². The van der Waals surface area contributed by atoms with Gasteiger partial charge in [0.05, 0.1) is 10.7 Å². The summed E-state index contributed by atoms with van der Waals surface area (Å²) in [5.74, 6) is 0.737. The predicted molar refractivity (Wildman–Crippen MR) is 72.4 cm³/mol. The second-order valence-corrected chi connectivity index (χ2v) is 7.56. The highest BCUT2D eigenvalue weighted by atomic mass is 32.1. The number of fused-ring (bicyclic) bond motifs is 1. The van der Waals surface area contributed by atoms with Crippen molar-refractivity contribution in [3.63, 3.8) is 0 Å². The molecule has 0 amide bonds. The first-order valence-electron chi connectivity index (χ1n) is 6.80. The third-order valence-corrected chi connectivity index (χ3v) is 5.60. The van der Waals surface area contributed by atoms with Gasteiger partial charge in [0.15, 0.2) is 0 Å². The van der Waals surface area contributed by atoms with Crippen LogP contribution in [0.15, 0.2) is 0 Å².